The third kappa shape index (κ3) is 5.37. The summed E-state index contributed by atoms with van der Waals surface area (Å²) < 4.78 is 40.5. The van der Waals surface area contributed by atoms with Gasteiger partial charge in [0.05, 0.1) is 4.90 Å². The van der Waals surface area contributed by atoms with Crippen molar-refractivity contribution in [2.45, 2.75) is 38.1 Å². The minimum atomic E-state index is -3.58. The van der Waals surface area contributed by atoms with Crippen molar-refractivity contribution in [3.05, 3.63) is 65.5 Å². The van der Waals surface area contributed by atoms with Gasteiger partial charge in [0, 0.05) is 30.8 Å². The zero-order valence-electron chi connectivity index (χ0n) is 15.6. The van der Waals surface area contributed by atoms with E-state index in [1.165, 1.54) is 34.6 Å². The predicted molar refractivity (Wildman–Crippen MR) is 103 cm³/mol. The van der Waals surface area contributed by atoms with Crippen LogP contribution in [0.4, 0.5) is 4.39 Å². The molecule has 2 aromatic carbocycles. The van der Waals surface area contributed by atoms with Gasteiger partial charge in [0.2, 0.25) is 10.0 Å². The summed E-state index contributed by atoms with van der Waals surface area (Å²) in [7, 11) is -3.58. The number of rotatable bonds is 9. The van der Waals surface area contributed by atoms with Crippen LogP contribution in [0, 0.1) is 5.82 Å². The maximum Gasteiger partial charge on any atom is 0.251 e. The first-order valence-corrected chi connectivity index (χ1v) is 10.5. The van der Waals surface area contributed by atoms with Gasteiger partial charge in [0.25, 0.3) is 5.91 Å². The molecule has 1 amide bonds. The lowest BCUT2D eigenvalue weighted by molar-refractivity contribution is 0.0950. The maximum atomic E-state index is 13.6. The van der Waals surface area contributed by atoms with Crippen LogP contribution in [0.25, 0.3) is 0 Å². The molecule has 5 nitrogen and oxygen atoms in total. The normalized spacial score (nSPS) is 11.6. The minimum Gasteiger partial charge on any atom is -0.348 e. The Balaban J connectivity index is 2.09. The zero-order valence-corrected chi connectivity index (χ0v) is 16.4. The van der Waals surface area contributed by atoms with Gasteiger partial charge in [-0.05, 0) is 43.2 Å². The predicted octanol–water partition coefficient (Wildman–Crippen LogP) is 3.57. The Morgan fingerprint density at radius 2 is 1.59 bits per heavy atom. The van der Waals surface area contributed by atoms with Gasteiger partial charge in [-0.25, -0.2) is 12.8 Å². The lowest BCUT2D eigenvalue weighted by Gasteiger charge is -2.21. The third-order valence-electron chi connectivity index (χ3n) is 4.10. The molecule has 0 aromatic heterocycles. The molecule has 7 heteroatoms. The molecule has 2 aromatic rings. The molecular weight excluding hydrogens is 367 g/mol. The monoisotopic (exact) mass is 392 g/mol. The number of carbonyl (C=O) groups excluding carboxylic acids is 1. The van der Waals surface area contributed by atoms with Crippen LogP contribution in [0.15, 0.2) is 53.4 Å². The zero-order chi connectivity index (χ0) is 19.9. The second-order valence-electron chi connectivity index (χ2n) is 6.20. The molecule has 0 spiro atoms. The molecule has 0 aliphatic carbocycles. The SMILES string of the molecule is CCCN(CCC)S(=O)(=O)c1ccc(C(=O)NCc2ccccc2F)cc1. The molecule has 0 heterocycles. The number of sulfonamides is 1. The lowest BCUT2D eigenvalue weighted by Crippen LogP contribution is -2.32. The summed E-state index contributed by atoms with van der Waals surface area (Å²) in [5.41, 5.74) is 0.711. The second-order valence-corrected chi connectivity index (χ2v) is 8.14. The van der Waals surface area contributed by atoms with Crippen molar-refractivity contribution in [1.29, 1.82) is 0 Å². The Bertz CT molecular complexity index is 861. The van der Waals surface area contributed by atoms with Gasteiger partial charge in [-0.2, -0.15) is 4.31 Å². The van der Waals surface area contributed by atoms with Crippen molar-refractivity contribution < 1.29 is 17.6 Å². The molecule has 27 heavy (non-hydrogen) atoms. The molecule has 0 aliphatic heterocycles. The van der Waals surface area contributed by atoms with Gasteiger partial charge >= 0.3 is 0 Å². The Hall–Kier alpha value is -2.25. The fourth-order valence-electron chi connectivity index (χ4n) is 2.70. The molecule has 0 aliphatic rings. The molecule has 0 unspecified atom stereocenters. The number of halogens is 1. The number of hydrogen-bond acceptors (Lipinski definition) is 3. The smallest absolute Gasteiger partial charge is 0.251 e. The van der Waals surface area contributed by atoms with Crippen LogP contribution in [0.3, 0.4) is 0 Å². The van der Waals surface area contributed by atoms with Gasteiger partial charge in [0.15, 0.2) is 0 Å². The molecule has 146 valence electrons. The van der Waals surface area contributed by atoms with Crippen LogP contribution in [-0.4, -0.2) is 31.7 Å². The first-order valence-electron chi connectivity index (χ1n) is 9.02. The Morgan fingerprint density at radius 1 is 1.00 bits per heavy atom. The van der Waals surface area contributed by atoms with E-state index in [0.29, 0.717) is 24.2 Å². The summed E-state index contributed by atoms with van der Waals surface area (Å²) >= 11 is 0. The summed E-state index contributed by atoms with van der Waals surface area (Å²) in [6.07, 6.45) is 1.46. The van der Waals surface area contributed by atoms with Crippen molar-refractivity contribution >= 4 is 15.9 Å². The fourth-order valence-corrected chi connectivity index (χ4v) is 4.32. The Labute approximate surface area is 160 Å². The van der Waals surface area contributed by atoms with Crippen LogP contribution in [-0.2, 0) is 16.6 Å². The number of nitrogens with one attached hydrogen (secondary N) is 1. The first kappa shape index (κ1) is 21.1. The van der Waals surface area contributed by atoms with Crippen LogP contribution in [0.2, 0.25) is 0 Å². The summed E-state index contributed by atoms with van der Waals surface area (Å²) in [6.45, 7) is 4.84. The quantitative estimate of drug-likeness (QED) is 0.709. The van der Waals surface area contributed by atoms with Crippen molar-refractivity contribution in [3.63, 3.8) is 0 Å². The van der Waals surface area contributed by atoms with Crippen molar-refractivity contribution in [2.75, 3.05) is 13.1 Å². The number of benzene rings is 2. The van der Waals surface area contributed by atoms with Crippen molar-refractivity contribution in [1.82, 2.24) is 9.62 Å². The number of carbonyl (C=O) groups is 1. The van der Waals surface area contributed by atoms with Gasteiger partial charge in [0.1, 0.15) is 5.82 Å². The maximum absolute atomic E-state index is 13.6. The Kier molecular flexibility index (Phi) is 7.50. The third-order valence-corrected chi connectivity index (χ3v) is 6.01. The summed E-state index contributed by atoms with van der Waals surface area (Å²) in [5.74, 6) is -0.771. The topological polar surface area (TPSA) is 66.5 Å². The van der Waals surface area contributed by atoms with E-state index in [4.69, 9.17) is 0 Å². The highest BCUT2D eigenvalue weighted by atomic mass is 32.2. The fraction of sp³-hybridized carbons (Fsp3) is 0.350. The number of amides is 1. The van der Waals surface area contributed by atoms with E-state index in [9.17, 15) is 17.6 Å². The van der Waals surface area contributed by atoms with Gasteiger partial charge in [-0.15, -0.1) is 0 Å². The average Bonchev–Trinajstić information content (AvgIpc) is 2.67. The number of hydrogen-bond donors (Lipinski definition) is 1. The van der Waals surface area contributed by atoms with Crippen molar-refractivity contribution in [3.8, 4) is 0 Å². The molecule has 1 N–H and O–H groups in total. The van der Waals surface area contributed by atoms with E-state index in [1.807, 2.05) is 13.8 Å². The van der Waals surface area contributed by atoms with Gasteiger partial charge in [-0.3, -0.25) is 4.79 Å². The highest BCUT2D eigenvalue weighted by Gasteiger charge is 2.23. The largest absolute Gasteiger partial charge is 0.348 e. The van der Waals surface area contributed by atoms with Crippen molar-refractivity contribution in [2.24, 2.45) is 0 Å². The van der Waals surface area contributed by atoms with E-state index in [2.05, 4.69) is 5.32 Å². The van der Waals surface area contributed by atoms with E-state index >= 15 is 0 Å². The van der Waals surface area contributed by atoms with Gasteiger partial charge in [-0.1, -0.05) is 32.0 Å². The minimum absolute atomic E-state index is 0.0618. The van der Waals surface area contributed by atoms with E-state index in [1.54, 1.807) is 18.2 Å². The summed E-state index contributed by atoms with van der Waals surface area (Å²) in [6, 6.07) is 12.0. The summed E-state index contributed by atoms with van der Waals surface area (Å²) in [4.78, 5) is 12.4. The van der Waals surface area contributed by atoms with Crippen LogP contribution in [0.1, 0.15) is 42.6 Å². The molecule has 0 fully saturated rings. The van der Waals surface area contributed by atoms with E-state index < -0.39 is 10.0 Å². The number of nitrogens with zero attached hydrogens (tertiary/aromatic N) is 1. The molecule has 0 saturated carbocycles. The highest BCUT2D eigenvalue weighted by Crippen LogP contribution is 2.17. The molecule has 0 saturated heterocycles. The second kappa shape index (κ2) is 9.62. The molecule has 2 rings (SSSR count). The molecular formula is C20H25FN2O3S. The van der Waals surface area contributed by atoms with E-state index in [-0.39, 0.29) is 23.2 Å². The highest BCUT2D eigenvalue weighted by molar-refractivity contribution is 7.89. The van der Waals surface area contributed by atoms with Gasteiger partial charge < -0.3 is 5.32 Å². The van der Waals surface area contributed by atoms with Crippen LogP contribution in [0.5, 0.6) is 0 Å². The van der Waals surface area contributed by atoms with Crippen LogP contribution >= 0.6 is 0 Å². The average molecular weight is 392 g/mol. The molecule has 0 radical (unpaired) electrons. The van der Waals surface area contributed by atoms with Crippen LogP contribution < -0.4 is 5.32 Å². The molecule has 0 bridgehead atoms. The molecule has 0 atom stereocenters. The Morgan fingerprint density at radius 3 is 2.15 bits per heavy atom. The first-order chi connectivity index (χ1) is 12.9. The van der Waals surface area contributed by atoms with E-state index in [0.717, 1.165) is 12.8 Å². The standard InChI is InChI=1S/C20H25FN2O3S/c1-3-13-23(14-4-2)27(25,26)18-11-9-16(10-12-18)20(24)22-15-17-7-5-6-8-19(17)21/h5-12H,3-4,13-15H2,1-2H3,(H,22,24). The summed E-state index contributed by atoms with van der Waals surface area (Å²) in [5, 5.41) is 2.64. The lowest BCUT2D eigenvalue weighted by atomic mass is 10.2.